The Hall–Kier alpha value is -4.37. The number of amides is 2. The van der Waals surface area contributed by atoms with E-state index in [9.17, 15) is 14.4 Å². The van der Waals surface area contributed by atoms with Crippen molar-refractivity contribution < 1.29 is 23.9 Å². The van der Waals surface area contributed by atoms with Crippen LogP contribution in [0.15, 0.2) is 66.7 Å². The largest absolute Gasteiger partial charge is 0.495 e. The summed E-state index contributed by atoms with van der Waals surface area (Å²) in [6.45, 7) is 2.79. The van der Waals surface area contributed by atoms with Crippen molar-refractivity contribution in [2.24, 2.45) is 0 Å². The van der Waals surface area contributed by atoms with Crippen molar-refractivity contribution >= 4 is 34.8 Å². The molecule has 0 saturated carbocycles. The Kier molecular flexibility index (Phi) is 9.39. The molecule has 210 valence electrons. The summed E-state index contributed by atoms with van der Waals surface area (Å²) in [4.78, 5) is 40.2. The first kappa shape index (κ1) is 28.6. The van der Waals surface area contributed by atoms with Crippen molar-refractivity contribution in [3.05, 3.63) is 83.4 Å². The van der Waals surface area contributed by atoms with Gasteiger partial charge in [-0.2, -0.15) is 0 Å². The number of ketones is 1. The maximum Gasteiger partial charge on any atom is 0.337 e. The molecule has 9 heteroatoms. The molecule has 1 saturated heterocycles. The van der Waals surface area contributed by atoms with Crippen LogP contribution in [0.25, 0.3) is 0 Å². The number of likely N-dealkylation sites (N-methyl/N-ethyl adjacent to an activating group) is 1. The molecule has 3 N–H and O–H groups in total. The number of carbonyl (C=O) groups excluding carboxylic acids is 3. The molecule has 3 aromatic carbocycles. The molecule has 40 heavy (non-hydrogen) atoms. The minimum Gasteiger partial charge on any atom is -0.495 e. The third-order valence-electron chi connectivity index (χ3n) is 7.21. The number of Topliss-reactive ketones (excluding diaryl/α,β-unsaturated/α-hetero) is 1. The second-order valence-corrected chi connectivity index (χ2v) is 9.87. The average Bonchev–Trinajstić information content (AvgIpc) is 3.49. The van der Waals surface area contributed by atoms with Crippen molar-refractivity contribution in [3.63, 3.8) is 0 Å². The standard InChI is InChI=1S/C31H36N4O5/c1-20-8-5-6-9-24(20)33-31(38)34-25-16-11-21(19-28(25)39-3)18-27(36)29(26-10-7-17-32-26)35(2)23-14-12-22(13-15-23)30(37)40-4/h5-6,8-9,11-16,19,26,29,32H,7,10,17-18H2,1-4H3,(H2,33,34,38). The quantitative estimate of drug-likeness (QED) is 0.315. The fourth-order valence-electron chi connectivity index (χ4n) is 5.05. The third-order valence-corrected chi connectivity index (χ3v) is 7.21. The normalized spacial score (nSPS) is 15.2. The lowest BCUT2D eigenvalue weighted by atomic mass is 9.95. The molecular weight excluding hydrogens is 508 g/mol. The van der Waals surface area contributed by atoms with Gasteiger partial charge >= 0.3 is 12.0 Å². The number of nitrogens with zero attached hydrogens (tertiary/aromatic N) is 1. The van der Waals surface area contributed by atoms with Gasteiger partial charge in [0.15, 0.2) is 5.78 Å². The van der Waals surface area contributed by atoms with Crippen LogP contribution in [0.1, 0.15) is 34.3 Å². The van der Waals surface area contributed by atoms with Gasteiger partial charge in [0.1, 0.15) is 11.8 Å². The number of ether oxygens (including phenoxy) is 2. The molecule has 9 nitrogen and oxygen atoms in total. The Morgan fingerprint density at radius 2 is 1.73 bits per heavy atom. The van der Waals surface area contributed by atoms with Crippen LogP contribution in [0, 0.1) is 6.92 Å². The molecule has 0 spiro atoms. The van der Waals surface area contributed by atoms with E-state index in [4.69, 9.17) is 9.47 Å². The molecule has 0 aromatic heterocycles. The third kappa shape index (κ3) is 6.79. The molecule has 3 aromatic rings. The summed E-state index contributed by atoms with van der Waals surface area (Å²) in [5.74, 6) is 0.116. The van der Waals surface area contributed by atoms with Crippen molar-refractivity contribution in [3.8, 4) is 5.75 Å². The smallest absolute Gasteiger partial charge is 0.337 e. The number of aryl methyl sites for hydroxylation is 1. The maximum absolute atomic E-state index is 13.8. The fraction of sp³-hybridized carbons (Fsp3) is 0.323. The second kappa shape index (κ2) is 13.1. The molecule has 1 fully saturated rings. The zero-order valence-electron chi connectivity index (χ0n) is 23.3. The molecular formula is C31H36N4O5. The van der Waals surface area contributed by atoms with Crippen LogP contribution >= 0.6 is 0 Å². The van der Waals surface area contributed by atoms with E-state index in [0.717, 1.165) is 41.9 Å². The summed E-state index contributed by atoms with van der Waals surface area (Å²) < 4.78 is 10.3. The number of urea groups is 1. The fourth-order valence-corrected chi connectivity index (χ4v) is 5.05. The van der Waals surface area contributed by atoms with Gasteiger partial charge in [0, 0.05) is 30.9 Å². The molecule has 2 amide bonds. The molecule has 0 radical (unpaired) electrons. The van der Waals surface area contributed by atoms with Gasteiger partial charge in [-0.3, -0.25) is 4.79 Å². The molecule has 1 aliphatic heterocycles. The van der Waals surface area contributed by atoms with Gasteiger partial charge in [0.25, 0.3) is 0 Å². The minimum absolute atomic E-state index is 0.00533. The predicted molar refractivity (Wildman–Crippen MR) is 157 cm³/mol. The van der Waals surface area contributed by atoms with Gasteiger partial charge in [0.2, 0.25) is 0 Å². The van der Waals surface area contributed by atoms with Crippen LogP contribution in [0.5, 0.6) is 5.75 Å². The van der Waals surface area contributed by atoms with E-state index < -0.39 is 12.0 Å². The van der Waals surface area contributed by atoms with Gasteiger partial charge in [0.05, 0.1) is 25.5 Å². The van der Waals surface area contributed by atoms with Gasteiger partial charge in [-0.1, -0.05) is 24.3 Å². The first-order chi connectivity index (χ1) is 19.3. The van der Waals surface area contributed by atoms with Crippen molar-refractivity contribution in [2.75, 3.05) is 43.3 Å². The number of nitrogens with one attached hydrogen (secondary N) is 3. The SMILES string of the molecule is COC(=O)c1ccc(N(C)C(C(=O)Cc2ccc(NC(=O)Nc3ccccc3C)c(OC)c2)C2CCCN2)cc1. The molecule has 2 atom stereocenters. The first-order valence-corrected chi connectivity index (χ1v) is 13.3. The number of esters is 1. The van der Waals surface area contributed by atoms with Crippen LogP contribution < -0.4 is 25.6 Å². The summed E-state index contributed by atoms with van der Waals surface area (Å²) in [6.07, 6.45) is 2.09. The van der Waals surface area contributed by atoms with Crippen molar-refractivity contribution in [1.82, 2.24) is 5.32 Å². The lowest BCUT2D eigenvalue weighted by molar-refractivity contribution is -0.120. The van der Waals surface area contributed by atoms with Crippen LogP contribution in [0.3, 0.4) is 0 Å². The highest BCUT2D eigenvalue weighted by atomic mass is 16.5. The van der Waals surface area contributed by atoms with Gasteiger partial charge in [-0.05, 0) is 79.9 Å². The van der Waals surface area contributed by atoms with Gasteiger partial charge in [-0.15, -0.1) is 0 Å². The molecule has 4 rings (SSSR count). The topological polar surface area (TPSA) is 109 Å². The van der Waals surface area contributed by atoms with Crippen LogP contribution in [0.2, 0.25) is 0 Å². The van der Waals surface area contributed by atoms with Gasteiger partial charge in [-0.25, -0.2) is 9.59 Å². The monoisotopic (exact) mass is 544 g/mol. The van der Waals surface area contributed by atoms with Gasteiger partial charge < -0.3 is 30.3 Å². The number of carbonyl (C=O) groups is 3. The van der Waals surface area contributed by atoms with Crippen molar-refractivity contribution in [2.45, 2.75) is 38.3 Å². The summed E-state index contributed by atoms with van der Waals surface area (Å²) in [6, 6.07) is 19.2. The number of hydrogen-bond donors (Lipinski definition) is 3. The number of methoxy groups -OCH3 is 2. The van der Waals surface area contributed by atoms with Crippen LogP contribution in [0.4, 0.5) is 21.9 Å². The van der Waals surface area contributed by atoms with Crippen molar-refractivity contribution in [1.29, 1.82) is 0 Å². The predicted octanol–water partition coefficient (Wildman–Crippen LogP) is 4.80. The van der Waals surface area contributed by atoms with E-state index >= 15 is 0 Å². The summed E-state index contributed by atoms with van der Waals surface area (Å²) in [7, 11) is 4.78. The Morgan fingerprint density at radius 3 is 2.38 bits per heavy atom. The highest BCUT2D eigenvalue weighted by Crippen LogP contribution is 2.28. The van der Waals surface area contributed by atoms with Crippen LogP contribution in [-0.2, 0) is 16.0 Å². The summed E-state index contributed by atoms with van der Waals surface area (Å²) in [5, 5.41) is 9.15. The zero-order valence-corrected chi connectivity index (χ0v) is 23.3. The zero-order chi connectivity index (χ0) is 28.6. The Labute approximate surface area is 234 Å². The summed E-state index contributed by atoms with van der Waals surface area (Å²) in [5.41, 5.74) is 4.24. The molecule has 1 heterocycles. The molecule has 0 bridgehead atoms. The Bertz CT molecular complexity index is 1350. The van der Waals surface area contributed by atoms with E-state index in [0.29, 0.717) is 17.0 Å². The van der Waals surface area contributed by atoms with E-state index in [1.165, 1.54) is 14.2 Å². The number of rotatable bonds is 10. The highest BCUT2D eigenvalue weighted by molar-refractivity contribution is 6.01. The number of anilines is 3. The number of hydrogen-bond acceptors (Lipinski definition) is 7. The Morgan fingerprint density at radius 1 is 1.00 bits per heavy atom. The molecule has 2 unspecified atom stereocenters. The number of benzene rings is 3. The minimum atomic E-state index is -0.407. The van der Waals surface area contributed by atoms with E-state index in [2.05, 4.69) is 16.0 Å². The molecule has 0 aliphatic carbocycles. The highest BCUT2D eigenvalue weighted by Gasteiger charge is 2.34. The average molecular weight is 545 g/mol. The number of para-hydroxylation sites is 1. The van der Waals surface area contributed by atoms with E-state index in [-0.39, 0.29) is 24.3 Å². The Balaban J connectivity index is 1.49. The van der Waals surface area contributed by atoms with E-state index in [1.54, 1.807) is 24.3 Å². The lowest BCUT2D eigenvalue weighted by Crippen LogP contribution is -2.51. The summed E-state index contributed by atoms with van der Waals surface area (Å²) >= 11 is 0. The first-order valence-electron chi connectivity index (χ1n) is 13.3. The lowest BCUT2D eigenvalue weighted by Gasteiger charge is -2.33. The van der Waals surface area contributed by atoms with E-state index in [1.807, 2.05) is 61.3 Å². The maximum atomic E-state index is 13.8. The van der Waals surface area contributed by atoms with Crippen LogP contribution in [-0.4, -0.2) is 57.7 Å². The molecule has 1 aliphatic rings. The second-order valence-electron chi connectivity index (χ2n) is 9.87.